The van der Waals surface area contributed by atoms with Gasteiger partial charge in [0.05, 0.1) is 13.2 Å². The molecule has 0 unspecified atom stereocenters. The Hall–Kier alpha value is -3.02. The van der Waals surface area contributed by atoms with Crippen LogP contribution in [0.3, 0.4) is 0 Å². The van der Waals surface area contributed by atoms with E-state index in [-0.39, 0.29) is 11.8 Å². The minimum atomic E-state index is 0.0374. The first-order valence-electron chi connectivity index (χ1n) is 14.4. The van der Waals surface area contributed by atoms with E-state index in [1.54, 1.807) is 0 Å². The number of hydrogen-bond acceptors (Lipinski definition) is 4. The van der Waals surface area contributed by atoms with Crippen molar-refractivity contribution < 1.29 is 19.1 Å². The van der Waals surface area contributed by atoms with Crippen LogP contribution >= 0.6 is 0 Å². The van der Waals surface area contributed by atoms with Crippen molar-refractivity contribution in [1.82, 2.24) is 0 Å². The SMILES string of the molecule is CC(C)CCOc1cccc(NC(=O)CCCCCCCCC(=O)Nc2cccc(OCCC(C)C)c2)c1. The van der Waals surface area contributed by atoms with Gasteiger partial charge in [-0.3, -0.25) is 9.59 Å². The molecule has 0 atom stereocenters. The summed E-state index contributed by atoms with van der Waals surface area (Å²) in [6.45, 7) is 10.1. The summed E-state index contributed by atoms with van der Waals surface area (Å²) in [6.07, 6.45) is 8.96. The van der Waals surface area contributed by atoms with Crippen LogP contribution in [0, 0.1) is 11.8 Å². The second-order valence-electron chi connectivity index (χ2n) is 10.8. The van der Waals surface area contributed by atoms with Gasteiger partial charge in [-0.15, -0.1) is 0 Å². The normalized spacial score (nSPS) is 11.0. The first kappa shape index (κ1) is 31.2. The van der Waals surface area contributed by atoms with Gasteiger partial charge in [0.25, 0.3) is 0 Å². The Balaban J connectivity index is 1.51. The Labute approximate surface area is 229 Å². The van der Waals surface area contributed by atoms with E-state index in [1.165, 1.54) is 0 Å². The molecule has 0 aliphatic carbocycles. The summed E-state index contributed by atoms with van der Waals surface area (Å²) in [7, 11) is 0. The van der Waals surface area contributed by atoms with E-state index in [0.29, 0.717) is 37.9 Å². The summed E-state index contributed by atoms with van der Waals surface area (Å²) in [5.41, 5.74) is 1.56. The van der Waals surface area contributed by atoms with Crippen LogP contribution in [0.1, 0.15) is 91.9 Å². The van der Waals surface area contributed by atoms with Gasteiger partial charge in [-0.2, -0.15) is 0 Å². The van der Waals surface area contributed by atoms with E-state index in [0.717, 1.165) is 74.2 Å². The Bertz CT molecular complexity index is 880. The molecule has 0 spiro atoms. The van der Waals surface area contributed by atoms with Crippen LogP contribution in [0.15, 0.2) is 48.5 Å². The Kier molecular flexibility index (Phi) is 15.0. The molecule has 2 aromatic carbocycles. The highest BCUT2D eigenvalue weighted by molar-refractivity contribution is 5.91. The number of anilines is 2. The summed E-state index contributed by atoms with van der Waals surface area (Å²) in [4.78, 5) is 24.6. The second-order valence-corrected chi connectivity index (χ2v) is 10.8. The largest absolute Gasteiger partial charge is 0.494 e. The second kappa shape index (κ2) is 18.3. The molecular formula is C32H48N2O4. The van der Waals surface area contributed by atoms with E-state index in [9.17, 15) is 9.59 Å². The molecule has 0 bridgehead atoms. The van der Waals surface area contributed by atoms with Crippen LogP contribution in [0.2, 0.25) is 0 Å². The van der Waals surface area contributed by atoms with Gasteiger partial charge < -0.3 is 20.1 Å². The first-order chi connectivity index (χ1) is 18.3. The highest BCUT2D eigenvalue weighted by atomic mass is 16.5. The fourth-order valence-corrected chi connectivity index (χ4v) is 3.88. The van der Waals surface area contributed by atoms with Crippen molar-refractivity contribution in [3.05, 3.63) is 48.5 Å². The molecule has 2 aromatic rings. The molecule has 0 fully saturated rings. The number of benzene rings is 2. The minimum absolute atomic E-state index is 0.0374. The zero-order valence-corrected chi connectivity index (χ0v) is 23.9. The van der Waals surface area contributed by atoms with Crippen molar-refractivity contribution in [2.75, 3.05) is 23.8 Å². The number of hydrogen-bond donors (Lipinski definition) is 2. The quantitative estimate of drug-likeness (QED) is 0.181. The molecule has 2 rings (SSSR count). The van der Waals surface area contributed by atoms with E-state index >= 15 is 0 Å². The molecule has 0 saturated carbocycles. The lowest BCUT2D eigenvalue weighted by molar-refractivity contribution is -0.117. The number of unbranched alkanes of at least 4 members (excludes halogenated alkanes) is 5. The molecule has 38 heavy (non-hydrogen) atoms. The minimum Gasteiger partial charge on any atom is -0.494 e. The van der Waals surface area contributed by atoms with E-state index in [1.807, 2.05) is 48.5 Å². The maximum Gasteiger partial charge on any atom is 0.224 e. The van der Waals surface area contributed by atoms with Crippen LogP contribution < -0.4 is 20.1 Å². The van der Waals surface area contributed by atoms with Crippen LogP contribution in [-0.2, 0) is 9.59 Å². The van der Waals surface area contributed by atoms with E-state index in [2.05, 4.69) is 38.3 Å². The van der Waals surface area contributed by atoms with Crippen molar-refractivity contribution in [3.8, 4) is 11.5 Å². The number of rotatable bonds is 19. The maximum atomic E-state index is 12.3. The monoisotopic (exact) mass is 524 g/mol. The number of carbonyl (C=O) groups is 2. The Morgan fingerprint density at radius 2 is 1.03 bits per heavy atom. The van der Waals surface area contributed by atoms with Gasteiger partial charge in [0.1, 0.15) is 11.5 Å². The molecule has 0 heterocycles. The van der Waals surface area contributed by atoms with Crippen LogP contribution in [-0.4, -0.2) is 25.0 Å². The van der Waals surface area contributed by atoms with E-state index in [4.69, 9.17) is 9.47 Å². The van der Waals surface area contributed by atoms with Gasteiger partial charge in [0.2, 0.25) is 11.8 Å². The van der Waals surface area contributed by atoms with Gasteiger partial charge in [0.15, 0.2) is 0 Å². The predicted octanol–water partition coefficient (Wildman–Crippen LogP) is 8.23. The molecule has 0 aromatic heterocycles. The summed E-state index contributed by atoms with van der Waals surface area (Å²) in [5.74, 6) is 2.86. The number of amides is 2. The third kappa shape index (κ3) is 14.7. The molecule has 210 valence electrons. The van der Waals surface area contributed by atoms with Gasteiger partial charge >= 0.3 is 0 Å². The lowest BCUT2D eigenvalue weighted by Gasteiger charge is -2.10. The molecule has 0 aliphatic heterocycles. The van der Waals surface area contributed by atoms with Crippen molar-refractivity contribution >= 4 is 23.2 Å². The van der Waals surface area contributed by atoms with Crippen LogP contribution in [0.5, 0.6) is 11.5 Å². The lowest BCUT2D eigenvalue weighted by Crippen LogP contribution is -2.11. The van der Waals surface area contributed by atoms with Gasteiger partial charge in [0, 0.05) is 36.3 Å². The zero-order valence-electron chi connectivity index (χ0n) is 23.9. The number of ether oxygens (including phenoxy) is 2. The molecule has 2 N–H and O–H groups in total. The summed E-state index contributed by atoms with van der Waals surface area (Å²) < 4.78 is 11.5. The van der Waals surface area contributed by atoms with E-state index < -0.39 is 0 Å². The fraction of sp³-hybridized carbons (Fsp3) is 0.562. The van der Waals surface area contributed by atoms with Crippen LogP contribution in [0.4, 0.5) is 11.4 Å². The molecule has 0 radical (unpaired) electrons. The van der Waals surface area contributed by atoms with Gasteiger partial charge in [-0.25, -0.2) is 0 Å². The first-order valence-corrected chi connectivity index (χ1v) is 14.4. The Morgan fingerprint density at radius 1 is 0.632 bits per heavy atom. The van der Waals surface area contributed by atoms with Gasteiger partial charge in [-0.1, -0.05) is 65.5 Å². The molecule has 2 amide bonds. The third-order valence-corrected chi connectivity index (χ3v) is 6.22. The van der Waals surface area contributed by atoms with Crippen molar-refractivity contribution in [2.45, 2.75) is 91.9 Å². The average molecular weight is 525 g/mol. The highest BCUT2D eigenvalue weighted by Gasteiger charge is 2.06. The molecule has 0 aliphatic rings. The molecule has 6 nitrogen and oxygen atoms in total. The maximum absolute atomic E-state index is 12.3. The summed E-state index contributed by atoms with van der Waals surface area (Å²) in [5, 5.41) is 5.94. The predicted molar refractivity (Wildman–Crippen MR) is 157 cm³/mol. The van der Waals surface area contributed by atoms with Crippen LogP contribution in [0.25, 0.3) is 0 Å². The summed E-state index contributed by atoms with van der Waals surface area (Å²) in [6, 6.07) is 15.2. The van der Waals surface area contributed by atoms with Crippen molar-refractivity contribution in [2.24, 2.45) is 11.8 Å². The molecule has 6 heteroatoms. The summed E-state index contributed by atoms with van der Waals surface area (Å²) >= 11 is 0. The number of nitrogens with one attached hydrogen (secondary N) is 2. The smallest absolute Gasteiger partial charge is 0.224 e. The Morgan fingerprint density at radius 3 is 1.42 bits per heavy atom. The highest BCUT2D eigenvalue weighted by Crippen LogP contribution is 2.20. The molecular weight excluding hydrogens is 476 g/mol. The zero-order chi connectivity index (χ0) is 27.6. The van der Waals surface area contributed by atoms with Crippen molar-refractivity contribution in [3.63, 3.8) is 0 Å². The van der Waals surface area contributed by atoms with Gasteiger partial charge in [-0.05, 0) is 61.8 Å². The lowest BCUT2D eigenvalue weighted by atomic mass is 10.1. The standard InChI is InChI=1S/C32H48N2O4/c1-25(2)19-21-37-29-15-11-13-27(23-29)33-31(35)17-9-7-5-6-8-10-18-32(36)34-28-14-12-16-30(24-28)38-22-20-26(3)4/h11-16,23-26H,5-10,17-22H2,1-4H3,(H,33,35)(H,34,36). The average Bonchev–Trinajstić information content (AvgIpc) is 2.85. The third-order valence-electron chi connectivity index (χ3n) is 6.22. The van der Waals surface area contributed by atoms with Crippen molar-refractivity contribution in [1.29, 1.82) is 0 Å². The molecule has 0 saturated heterocycles. The topological polar surface area (TPSA) is 76.7 Å². The number of carbonyl (C=O) groups excluding carboxylic acids is 2. The fourth-order valence-electron chi connectivity index (χ4n) is 3.88.